The topological polar surface area (TPSA) is 162 Å². The van der Waals surface area contributed by atoms with Crippen LogP contribution in [0, 0.1) is 0 Å². The summed E-state index contributed by atoms with van der Waals surface area (Å²) in [7, 11) is -2.92. The van der Waals surface area contributed by atoms with Crippen LogP contribution in [0.4, 0.5) is 0 Å². The maximum absolute atomic E-state index is 10.5. The van der Waals surface area contributed by atoms with Gasteiger partial charge in [0.05, 0.1) is 23.9 Å². The molecule has 0 aromatic rings. The molecule has 9 nitrogen and oxygen atoms in total. The van der Waals surface area contributed by atoms with Crippen LogP contribution in [-0.4, -0.2) is 29.7 Å². The van der Waals surface area contributed by atoms with Crippen molar-refractivity contribution in [2.75, 3.05) is 0 Å². The average molecular weight is 284 g/mol. The van der Waals surface area contributed by atoms with E-state index in [2.05, 4.69) is 8.80 Å². The van der Waals surface area contributed by atoms with E-state index in [9.17, 15) is 19.2 Å². The summed E-state index contributed by atoms with van der Waals surface area (Å²) in [6.45, 7) is 0. The zero-order chi connectivity index (χ0) is 13.0. The molecule has 0 aromatic carbocycles. The molecule has 19 heavy (non-hydrogen) atoms. The molecule has 0 bridgehead atoms. The fourth-order valence-corrected chi connectivity index (χ4v) is 0.808. The van der Waals surface area contributed by atoms with E-state index in [0.717, 1.165) is 12.2 Å². The summed E-state index contributed by atoms with van der Waals surface area (Å²) in [4.78, 5) is 40.0. The fraction of sp³-hybridized carbons (Fsp3) is 0. The number of nitrogens with zero attached hydrogens (tertiary/aromatic N) is 2. The van der Waals surface area contributed by atoms with Crippen LogP contribution in [0.15, 0.2) is 8.80 Å². The van der Waals surface area contributed by atoms with E-state index in [4.69, 9.17) is 15.1 Å². The summed E-state index contributed by atoms with van der Waals surface area (Å²) in [5.41, 5.74) is 0. The van der Waals surface area contributed by atoms with Crippen LogP contribution >= 0.6 is 23.9 Å². The second kappa shape index (κ2) is 23.6. The Balaban J connectivity index is -0.0000000827. The van der Waals surface area contributed by atoms with E-state index < -0.39 is 17.6 Å². The monoisotopic (exact) mass is 284 g/mol. The smallest absolute Gasteiger partial charge is 0.907 e. The van der Waals surface area contributed by atoms with Gasteiger partial charge >= 0.3 is 56.6 Å². The van der Waals surface area contributed by atoms with Crippen molar-refractivity contribution in [1.29, 1.82) is 0 Å². The van der Waals surface area contributed by atoms with Crippen LogP contribution in [0.25, 0.3) is 0 Å². The normalized spacial score (nSPS) is 6.26. The fourth-order valence-electron chi connectivity index (χ4n) is 0.195. The van der Waals surface area contributed by atoms with E-state index in [0.29, 0.717) is 0 Å². The molecule has 0 N–H and O–H groups in total. The molecule has 0 fully saturated rings. The van der Waals surface area contributed by atoms with E-state index in [1.54, 1.807) is 0 Å². The standard InChI is InChI=1S/C4N2O4S2.BO3.3Li/c7-1-5-11-3(9)4(10)12-6-2-8;2-1(3)4;;;/q;-3;3*+1. The third kappa shape index (κ3) is 32.3. The molecule has 0 aliphatic heterocycles. The van der Waals surface area contributed by atoms with Gasteiger partial charge in [0.15, 0.2) is 0 Å². The summed E-state index contributed by atoms with van der Waals surface area (Å²) in [5, 5.41) is 23.3. The van der Waals surface area contributed by atoms with Crippen LogP contribution in [0.1, 0.15) is 0 Å². The van der Waals surface area contributed by atoms with Gasteiger partial charge in [0.1, 0.15) is 0 Å². The number of carbonyl (C=O) groups is 2. The minimum atomic E-state index is -2.92. The van der Waals surface area contributed by atoms with Crippen molar-refractivity contribution in [1.82, 2.24) is 0 Å². The van der Waals surface area contributed by atoms with Crippen LogP contribution in [-0.2, 0) is 19.2 Å². The molecule has 15 heteroatoms. The molecule has 0 saturated heterocycles. The summed E-state index contributed by atoms with van der Waals surface area (Å²) in [6.07, 6.45) is 2.11. The van der Waals surface area contributed by atoms with Gasteiger partial charge in [-0.3, -0.25) is 16.9 Å². The number of rotatable bonds is 2. The second-order valence-corrected chi connectivity index (χ2v) is 2.88. The molecule has 0 aliphatic rings. The minimum absolute atomic E-state index is 0. The first-order chi connectivity index (χ1) is 7.45. The van der Waals surface area contributed by atoms with Gasteiger partial charge in [-0.1, -0.05) is 0 Å². The maximum Gasteiger partial charge on any atom is 1.00 e. The van der Waals surface area contributed by atoms with Gasteiger partial charge in [-0.2, -0.15) is 0 Å². The van der Waals surface area contributed by atoms with Gasteiger partial charge < -0.3 is 15.1 Å². The Morgan fingerprint density at radius 2 is 1.05 bits per heavy atom. The maximum atomic E-state index is 10.5. The van der Waals surface area contributed by atoms with Crippen LogP contribution < -0.4 is 71.7 Å². The Morgan fingerprint density at radius 3 is 1.21 bits per heavy atom. The number of hydrogen-bond donors (Lipinski definition) is 0. The van der Waals surface area contributed by atoms with Crippen molar-refractivity contribution in [3.8, 4) is 0 Å². The van der Waals surface area contributed by atoms with Gasteiger partial charge in [-0.25, -0.2) is 9.59 Å². The van der Waals surface area contributed by atoms with Crippen molar-refractivity contribution >= 4 is 53.6 Å². The van der Waals surface area contributed by atoms with Crippen molar-refractivity contribution < 1.29 is 90.8 Å². The van der Waals surface area contributed by atoms with E-state index in [-0.39, 0.29) is 80.5 Å². The summed E-state index contributed by atoms with van der Waals surface area (Å²) in [6, 6.07) is 0. The summed E-state index contributed by atoms with van der Waals surface area (Å²) < 4.78 is 5.58. The van der Waals surface area contributed by atoms with Gasteiger partial charge in [0, 0.05) is 0 Å². The van der Waals surface area contributed by atoms with Gasteiger partial charge in [-0.15, -0.1) is 8.80 Å². The van der Waals surface area contributed by atoms with Gasteiger partial charge in [0.2, 0.25) is 12.2 Å². The molecular formula is C4BLi3N2O7S2. The van der Waals surface area contributed by atoms with E-state index in [1.807, 2.05) is 0 Å². The van der Waals surface area contributed by atoms with Crippen molar-refractivity contribution in [2.24, 2.45) is 8.80 Å². The Kier molecular flexibility index (Phi) is 39.5. The van der Waals surface area contributed by atoms with Crippen molar-refractivity contribution in [3.05, 3.63) is 0 Å². The molecule has 0 spiro atoms. The number of carbonyl (C=O) groups excluding carboxylic acids is 4. The number of isocyanates is 2. The minimum Gasteiger partial charge on any atom is -0.907 e. The molecule has 0 amide bonds. The summed E-state index contributed by atoms with van der Waals surface area (Å²) >= 11 is 0.274. The molecule has 0 radical (unpaired) electrons. The first kappa shape index (κ1) is 31.8. The third-order valence-electron chi connectivity index (χ3n) is 0.498. The third-order valence-corrected chi connectivity index (χ3v) is 1.66. The second-order valence-electron chi connectivity index (χ2n) is 1.41. The summed E-state index contributed by atoms with van der Waals surface area (Å²) in [5.74, 6) is 0. The zero-order valence-corrected chi connectivity index (χ0v) is 11.8. The Bertz CT molecular complexity index is 314. The van der Waals surface area contributed by atoms with Gasteiger partial charge in [-0.05, 0) is 0 Å². The Labute approximate surface area is 152 Å². The molecule has 0 rings (SSSR count). The zero-order valence-electron chi connectivity index (χ0n) is 10.1. The molecule has 0 saturated carbocycles. The SMILES string of the molecule is O=C=NSC(=O)C(=O)SN=C=O.[Li+].[Li+].[Li+].[O-]B([O-])[O-]. The molecular weight excluding hydrogens is 284 g/mol. The van der Waals surface area contributed by atoms with Crippen LogP contribution in [0.5, 0.6) is 0 Å². The first-order valence-electron chi connectivity index (χ1n) is 2.99. The van der Waals surface area contributed by atoms with E-state index in [1.165, 1.54) is 0 Å². The van der Waals surface area contributed by atoms with Crippen molar-refractivity contribution in [3.63, 3.8) is 0 Å². The quantitative estimate of drug-likeness (QED) is 0.157. The molecule has 0 unspecified atom stereocenters. The first-order valence-corrected chi connectivity index (χ1v) is 4.54. The van der Waals surface area contributed by atoms with Crippen LogP contribution in [0.3, 0.4) is 0 Å². The van der Waals surface area contributed by atoms with Crippen LogP contribution in [0.2, 0.25) is 0 Å². The Hall–Kier alpha value is 0.537. The predicted octanol–water partition coefficient (Wildman–Crippen LogP) is -12.9. The van der Waals surface area contributed by atoms with Gasteiger partial charge in [0.25, 0.3) is 10.2 Å². The Morgan fingerprint density at radius 1 is 0.842 bits per heavy atom. The van der Waals surface area contributed by atoms with Crippen molar-refractivity contribution in [2.45, 2.75) is 0 Å². The predicted molar refractivity (Wildman–Crippen MR) is 47.2 cm³/mol. The molecule has 0 heterocycles. The average Bonchev–Trinajstić information content (AvgIpc) is 2.21. The largest absolute Gasteiger partial charge is 1.00 e. The molecule has 0 aromatic heterocycles. The molecule has 0 atom stereocenters. The number of hydrogen-bond acceptors (Lipinski definition) is 11. The van der Waals surface area contributed by atoms with E-state index >= 15 is 0 Å². The molecule has 0 aliphatic carbocycles. The molecule has 86 valence electrons.